The Morgan fingerprint density at radius 1 is 0.885 bits per heavy atom. The van der Waals surface area contributed by atoms with Crippen molar-refractivity contribution in [1.29, 1.82) is 0 Å². The summed E-state index contributed by atoms with van der Waals surface area (Å²) in [5.74, 6) is 0.438. The number of likely N-dealkylation sites (tertiary alicyclic amines) is 1. The molecular formula is C19H36N4O3. The quantitative estimate of drug-likeness (QED) is 0.584. The smallest absolute Gasteiger partial charge is 0.236 e. The zero-order chi connectivity index (χ0) is 18.8. The molecule has 2 aliphatic heterocycles. The number of hydrogen-bond donors (Lipinski definition) is 0. The van der Waals surface area contributed by atoms with E-state index in [9.17, 15) is 9.59 Å². The highest BCUT2D eigenvalue weighted by atomic mass is 16.5. The Balaban J connectivity index is 1.66. The van der Waals surface area contributed by atoms with Crippen LogP contribution < -0.4 is 0 Å². The Bertz CT molecular complexity index is 431. The summed E-state index contributed by atoms with van der Waals surface area (Å²) in [4.78, 5) is 33.1. The van der Waals surface area contributed by atoms with Crippen molar-refractivity contribution in [2.75, 3.05) is 79.7 Å². The second kappa shape index (κ2) is 11.5. The van der Waals surface area contributed by atoms with Crippen molar-refractivity contribution in [1.82, 2.24) is 19.6 Å². The molecule has 2 amide bonds. The summed E-state index contributed by atoms with van der Waals surface area (Å²) >= 11 is 0. The SMILES string of the molecule is COCCCN(C)CC(=O)N1CCN(CC(=O)N2CCCCCC2)CC1. The number of rotatable bonds is 8. The van der Waals surface area contributed by atoms with Crippen LogP contribution in [-0.2, 0) is 14.3 Å². The number of methoxy groups -OCH3 is 1. The number of nitrogens with zero attached hydrogens (tertiary/aromatic N) is 4. The lowest BCUT2D eigenvalue weighted by Gasteiger charge is -2.36. The fraction of sp³-hybridized carbons (Fsp3) is 0.895. The van der Waals surface area contributed by atoms with Crippen LogP contribution in [-0.4, -0.2) is 111 Å². The van der Waals surface area contributed by atoms with Gasteiger partial charge >= 0.3 is 0 Å². The van der Waals surface area contributed by atoms with E-state index >= 15 is 0 Å². The van der Waals surface area contributed by atoms with E-state index in [1.54, 1.807) is 7.11 Å². The van der Waals surface area contributed by atoms with Crippen LogP contribution in [0.1, 0.15) is 32.1 Å². The molecule has 0 aliphatic carbocycles. The van der Waals surface area contributed by atoms with Gasteiger partial charge in [0.1, 0.15) is 0 Å². The normalized spacial score (nSPS) is 19.7. The van der Waals surface area contributed by atoms with Gasteiger partial charge in [-0.15, -0.1) is 0 Å². The number of amides is 2. The van der Waals surface area contributed by atoms with Crippen molar-refractivity contribution in [2.45, 2.75) is 32.1 Å². The topological polar surface area (TPSA) is 56.3 Å². The van der Waals surface area contributed by atoms with Gasteiger partial charge in [0, 0.05) is 59.5 Å². The predicted molar refractivity (Wildman–Crippen MR) is 102 cm³/mol. The van der Waals surface area contributed by atoms with Crippen LogP contribution in [0.15, 0.2) is 0 Å². The lowest BCUT2D eigenvalue weighted by molar-refractivity contribution is -0.135. The maximum absolute atomic E-state index is 12.5. The zero-order valence-corrected chi connectivity index (χ0v) is 16.6. The van der Waals surface area contributed by atoms with Crippen LogP contribution in [0.3, 0.4) is 0 Å². The first-order valence-electron chi connectivity index (χ1n) is 10.1. The Morgan fingerprint density at radius 3 is 2.12 bits per heavy atom. The molecule has 7 heteroatoms. The Morgan fingerprint density at radius 2 is 1.50 bits per heavy atom. The van der Waals surface area contributed by atoms with E-state index in [0.29, 0.717) is 13.1 Å². The molecular weight excluding hydrogens is 332 g/mol. The van der Waals surface area contributed by atoms with Crippen LogP contribution in [0.4, 0.5) is 0 Å². The molecule has 7 nitrogen and oxygen atoms in total. The maximum Gasteiger partial charge on any atom is 0.236 e. The highest BCUT2D eigenvalue weighted by Crippen LogP contribution is 2.11. The van der Waals surface area contributed by atoms with Crippen LogP contribution in [0, 0.1) is 0 Å². The van der Waals surface area contributed by atoms with Crippen molar-refractivity contribution >= 4 is 11.8 Å². The molecule has 0 unspecified atom stereocenters. The lowest BCUT2D eigenvalue weighted by Crippen LogP contribution is -2.53. The number of hydrogen-bond acceptors (Lipinski definition) is 5. The number of carbonyl (C=O) groups excluding carboxylic acids is 2. The average Bonchev–Trinajstić information content (AvgIpc) is 2.92. The van der Waals surface area contributed by atoms with E-state index in [-0.39, 0.29) is 11.8 Å². The van der Waals surface area contributed by atoms with E-state index in [2.05, 4.69) is 9.80 Å². The van der Waals surface area contributed by atoms with Crippen LogP contribution in [0.2, 0.25) is 0 Å². The summed E-state index contributed by atoms with van der Waals surface area (Å²) in [5.41, 5.74) is 0. The van der Waals surface area contributed by atoms with Gasteiger partial charge in [-0.2, -0.15) is 0 Å². The second-order valence-corrected chi connectivity index (χ2v) is 7.54. The standard InChI is InChI=1S/C19H36N4O3/c1-20(8-7-15-26-2)16-18(24)23-13-11-21(12-14-23)17-19(25)22-9-5-3-4-6-10-22/h3-17H2,1-2H3. The van der Waals surface area contributed by atoms with Crippen molar-refractivity contribution < 1.29 is 14.3 Å². The molecule has 0 radical (unpaired) electrons. The number of carbonyl (C=O) groups is 2. The molecule has 2 heterocycles. The van der Waals surface area contributed by atoms with Crippen molar-refractivity contribution in [3.8, 4) is 0 Å². The average molecular weight is 369 g/mol. The summed E-state index contributed by atoms with van der Waals surface area (Å²) in [5, 5.41) is 0. The third-order valence-electron chi connectivity index (χ3n) is 5.34. The van der Waals surface area contributed by atoms with Gasteiger partial charge in [0.05, 0.1) is 13.1 Å². The highest BCUT2D eigenvalue weighted by Gasteiger charge is 2.24. The monoisotopic (exact) mass is 368 g/mol. The molecule has 0 aromatic carbocycles. The Kier molecular flexibility index (Phi) is 9.36. The van der Waals surface area contributed by atoms with Crippen molar-refractivity contribution in [3.63, 3.8) is 0 Å². The summed E-state index contributed by atoms with van der Waals surface area (Å²) in [6.45, 7) is 7.38. The third-order valence-corrected chi connectivity index (χ3v) is 5.34. The van der Waals surface area contributed by atoms with Gasteiger partial charge in [-0.05, 0) is 26.3 Å². The Hall–Kier alpha value is -1.18. The first-order chi connectivity index (χ1) is 12.6. The molecule has 26 heavy (non-hydrogen) atoms. The molecule has 0 spiro atoms. The van der Waals surface area contributed by atoms with Gasteiger partial charge in [-0.1, -0.05) is 12.8 Å². The Labute approximate surface area is 158 Å². The minimum Gasteiger partial charge on any atom is -0.385 e. The van der Waals surface area contributed by atoms with E-state index in [1.807, 2.05) is 16.8 Å². The molecule has 2 saturated heterocycles. The molecule has 2 rings (SSSR count). The maximum atomic E-state index is 12.5. The summed E-state index contributed by atoms with van der Waals surface area (Å²) in [7, 11) is 3.67. The molecule has 150 valence electrons. The van der Waals surface area contributed by atoms with Gasteiger partial charge < -0.3 is 14.5 Å². The van der Waals surface area contributed by atoms with Gasteiger partial charge in [-0.25, -0.2) is 0 Å². The van der Waals surface area contributed by atoms with Crippen molar-refractivity contribution in [3.05, 3.63) is 0 Å². The first kappa shape index (κ1) is 21.1. The lowest BCUT2D eigenvalue weighted by atomic mass is 10.2. The van der Waals surface area contributed by atoms with Crippen molar-refractivity contribution in [2.24, 2.45) is 0 Å². The predicted octanol–water partition coefficient (Wildman–Crippen LogP) is 0.502. The van der Waals surface area contributed by atoms with Crippen LogP contribution in [0.5, 0.6) is 0 Å². The van der Waals surface area contributed by atoms with Crippen LogP contribution in [0.25, 0.3) is 0 Å². The molecule has 0 N–H and O–H groups in total. The zero-order valence-electron chi connectivity index (χ0n) is 16.6. The van der Waals surface area contributed by atoms with Gasteiger partial charge in [0.2, 0.25) is 11.8 Å². The fourth-order valence-corrected chi connectivity index (χ4v) is 3.66. The van der Waals surface area contributed by atoms with Crippen LogP contribution >= 0.6 is 0 Å². The molecule has 2 fully saturated rings. The van der Waals surface area contributed by atoms with Gasteiger partial charge in [0.25, 0.3) is 0 Å². The highest BCUT2D eigenvalue weighted by molar-refractivity contribution is 5.79. The van der Waals surface area contributed by atoms with Gasteiger partial charge in [-0.3, -0.25) is 19.4 Å². The van der Waals surface area contributed by atoms with Gasteiger partial charge in [0.15, 0.2) is 0 Å². The molecule has 2 aliphatic rings. The molecule has 0 aromatic heterocycles. The minimum absolute atomic E-state index is 0.184. The van der Waals surface area contributed by atoms with E-state index in [4.69, 9.17) is 4.74 Å². The van der Waals surface area contributed by atoms with E-state index < -0.39 is 0 Å². The minimum atomic E-state index is 0.184. The molecule has 0 atom stereocenters. The summed E-state index contributed by atoms with van der Waals surface area (Å²) in [6.07, 6.45) is 5.68. The number of piperazine rings is 1. The van der Waals surface area contributed by atoms with E-state index in [1.165, 1.54) is 12.8 Å². The molecule has 0 saturated carbocycles. The fourth-order valence-electron chi connectivity index (χ4n) is 3.66. The summed E-state index contributed by atoms with van der Waals surface area (Å²) < 4.78 is 5.05. The molecule has 0 aromatic rings. The number of likely N-dealkylation sites (N-methyl/N-ethyl adjacent to an activating group) is 1. The number of ether oxygens (including phenoxy) is 1. The third kappa shape index (κ3) is 7.21. The largest absolute Gasteiger partial charge is 0.385 e. The molecule has 0 bridgehead atoms. The summed E-state index contributed by atoms with van der Waals surface area (Å²) in [6, 6.07) is 0. The van der Waals surface area contributed by atoms with E-state index in [0.717, 1.165) is 71.7 Å². The second-order valence-electron chi connectivity index (χ2n) is 7.54. The first-order valence-corrected chi connectivity index (χ1v) is 10.1.